The molecule has 0 aliphatic heterocycles. The van der Waals surface area contributed by atoms with Crippen molar-refractivity contribution in [1.82, 2.24) is 9.88 Å². The number of fused-ring (bicyclic) bond motifs is 1. The first kappa shape index (κ1) is 23.2. The molecule has 1 heterocycles. The minimum Gasteiger partial charge on any atom is -0.494 e. The number of aliphatic hydroxyl groups is 2. The smallest absolute Gasteiger partial charge is 0.199 e. The van der Waals surface area contributed by atoms with E-state index < -0.39 is 12.5 Å². The van der Waals surface area contributed by atoms with Gasteiger partial charge in [0.15, 0.2) is 5.88 Å². The van der Waals surface area contributed by atoms with Crippen LogP contribution in [-0.4, -0.2) is 43.4 Å². The number of nitrogens with one attached hydrogen (secondary N) is 1. The summed E-state index contributed by atoms with van der Waals surface area (Å²) >= 11 is 0. The molecule has 0 aliphatic rings. The van der Waals surface area contributed by atoms with Crippen LogP contribution in [-0.2, 0) is 6.54 Å². The molecule has 0 bridgehead atoms. The lowest BCUT2D eigenvalue weighted by Crippen LogP contribution is -2.39. The first-order valence-corrected chi connectivity index (χ1v) is 11.0. The highest BCUT2D eigenvalue weighted by Gasteiger charge is 2.19. The van der Waals surface area contributed by atoms with Crippen molar-refractivity contribution in [2.24, 2.45) is 4.99 Å². The maximum absolute atomic E-state index is 10.8. The maximum Gasteiger partial charge on any atom is 0.199 e. The Balaban J connectivity index is 1.78. The van der Waals surface area contributed by atoms with E-state index in [0.717, 1.165) is 11.1 Å². The largest absolute Gasteiger partial charge is 0.494 e. The molecule has 0 radical (unpaired) electrons. The second-order valence-corrected chi connectivity index (χ2v) is 8.15. The number of aromatic amines is 1. The van der Waals surface area contributed by atoms with Crippen molar-refractivity contribution >= 4 is 22.3 Å². The van der Waals surface area contributed by atoms with E-state index in [0.29, 0.717) is 40.0 Å². The van der Waals surface area contributed by atoms with E-state index in [1.54, 1.807) is 36.9 Å². The summed E-state index contributed by atoms with van der Waals surface area (Å²) in [6, 6.07) is 24.4. The van der Waals surface area contributed by atoms with Crippen LogP contribution in [0.3, 0.4) is 0 Å². The van der Waals surface area contributed by atoms with Gasteiger partial charge in [0.1, 0.15) is 12.5 Å². The van der Waals surface area contributed by atoms with Crippen LogP contribution < -0.4 is 0 Å². The van der Waals surface area contributed by atoms with Gasteiger partial charge in [0.05, 0.1) is 28.6 Å². The molecule has 4 N–H and O–H groups in total. The summed E-state index contributed by atoms with van der Waals surface area (Å²) in [5, 5.41) is 40.6. The maximum atomic E-state index is 10.8. The molecule has 0 aliphatic carbocycles. The van der Waals surface area contributed by atoms with Gasteiger partial charge in [-0.2, -0.15) is 5.26 Å². The molecule has 0 saturated heterocycles. The highest BCUT2D eigenvalue weighted by molar-refractivity contribution is 6.22. The summed E-state index contributed by atoms with van der Waals surface area (Å²) in [6.45, 7) is 3.61. The Labute approximate surface area is 197 Å². The standard InChI is InChI=1S/C27H26N4O3/c1-17(32)31(18(2)33)16-19-8-11-22(12-9-19)29-26(21-6-4-3-5-7-21)25-23-14-20(15-28)10-13-24(23)30-27(25)34/h3-14,17-18,30,32-34H,16H2,1-2H3. The predicted octanol–water partition coefficient (Wildman–Crippen LogP) is 4.39. The van der Waals surface area contributed by atoms with Crippen molar-refractivity contribution in [3.05, 3.63) is 95.1 Å². The zero-order chi connectivity index (χ0) is 24.2. The predicted molar refractivity (Wildman–Crippen MR) is 132 cm³/mol. The highest BCUT2D eigenvalue weighted by Crippen LogP contribution is 2.32. The van der Waals surface area contributed by atoms with Crippen LogP contribution in [0.4, 0.5) is 5.69 Å². The Morgan fingerprint density at radius 3 is 2.29 bits per heavy atom. The normalized spacial score (nSPS) is 13.7. The molecule has 0 spiro atoms. The van der Waals surface area contributed by atoms with Crippen LogP contribution >= 0.6 is 0 Å². The van der Waals surface area contributed by atoms with Gasteiger partial charge < -0.3 is 20.3 Å². The number of nitrogens with zero attached hydrogens (tertiary/aromatic N) is 3. The third-order valence-corrected chi connectivity index (χ3v) is 5.69. The molecule has 4 aromatic rings. The molecule has 0 fully saturated rings. The lowest BCUT2D eigenvalue weighted by molar-refractivity contribution is -0.0897. The minimum atomic E-state index is -0.787. The number of H-pyrrole nitrogens is 1. The zero-order valence-electron chi connectivity index (χ0n) is 19.0. The summed E-state index contributed by atoms with van der Waals surface area (Å²) in [4.78, 5) is 9.41. The van der Waals surface area contributed by atoms with E-state index in [1.165, 1.54) is 0 Å². The van der Waals surface area contributed by atoms with Gasteiger partial charge >= 0.3 is 0 Å². The third-order valence-electron chi connectivity index (χ3n) is 5.69. The number of aliphatic hydroxyl groups excluding tert-OH is 2. The van der Waals surface area contributed by atoms with Crippen molar-refractivity contribution in [2.45, 2.75) is 32.8 Å². The number of benzene rings is 3. The van der Waals surface area contributed by atoms with Crippen molar-refractivity contribution in [1.29, 1.82) is 5.26 Å². The first-order chi connectivity index (χ1) is 16.4. The number of hydrogen-bond donors (Lipinski definition) is 4. The molecule has 4 rings (SSSR count). The Hall–Kier alpha value is -3.96. The Morgan fingerprint density at radius 1 is 1.00 bits per heavy atom. The van der Waals surface area contributed by atoms with E-state index >= 15 is 0 Å². The number of nitriles is 1. The fraction of sp³-hybridized carbons (Fsp3) is 0.185. The summed E-state index contributed by atoms with van der Waals surface area (Å²) in [7, 11) is 0. The van der Waals surface area contributed by atoms with Crippen molar-refractivity contribution < 1.29 is 15.3 Å². The molecular formula is C27H26N4O3. The fourth-order valence-electron chi connectivity index (χ4n) is 3.94. The number of aromatic nitrogens is 1. The second kappa shape index (κ2) is 9.89. The SMILES string of the molecule is CC(O)N(Cc1ccc(N=C(c2ccccc2)c2c(O)[nH]c3ccc(C#N)cc23)cc1)C(C)O. The first-order valence-electron chi connectivity index (χ1n) is 11.0. The summed E-state index contributed by atoms with van der Waals surface area (Å²) in [5.41, 5.74) is 4.70. The van der Waals surface area contributed by atoms with Gasteiger partial charge in [0.25, 0.3) is 0 Å². The van der Waals surface area contributed by atoms with Gasteiger partial charge in [-0.1, -0.05) is 42.5 Å². The lowest BCUT2D eigenvalue weighted by atomic mass is 10.00. The second-order valence-electron chi connectivity index (χ2n) is 8.15. The number of hydrogen-bond acceptors (Lipinski definition) is 6. The van der Waals surface area contributed by atoms with E-state index in [4.69, 9.17) is 4.99 Å². The van der Waals surface area contributed by atoms with E-state index in [9.17, 15) is 20.6 Å². The Morgan fingerprint density at radius 2 is 1.68 bits per heavy atom. The molecule has 1 aromatic heterocycles. The Kier molecular flexibility index (Phi) is 6.75. The van der Waals surface area contributed by atoms with Crippen LogP contribution in [0.2, 0.25) is 0 Å². The van der Waals surface area contributed by atoms with Gasteiger partial charge in [-0.25, -0.2) is 9.89 Å². The Bertz CT molecular complexity index is 1340. The molecule has 3 aromatic carbocycles. The van der Waals surface area contributed by atoms with Crippen LogP contribution in [0.5, 0.6) is 5.88 Å². The number of aliphatic imine (C=N–C) groups is 1. The van der Waals surface area contributed by atoms with Crippen LogP contribution in [0.1, 0.15) is 36.1 Å². The summed E-state index contributed by atoms with van der Waals surface area (Å²) < 4.78 is 0. The molecule has 0 amide bonds. The van der Waals surface area contributed by atoms with Gasteiger partial charge in [0, 0.05) is 23.0 Å². The molecule has 7 nitrogen and oxygen atoms in total. The minimum absolute atomic E-state index is 0.0196. The molecular weight excluding hydrogens is 428 g/mol. The molecule has 2 unspecified atom stereocenters. The summed E-state index contributed by atoms with van der Waals surface area (Å²) in [5.74, 6) is -0.0196. The third kappa shape index (κ3) is 4.85. The quantitative estimate of drug-likeness (QED) is 0.244. The monoisotopic (exact) mass is 454 g/mol. The average Bonchev–Trinajstić information content (AvgIpc) is 3.16. The van der Waals surface area contributed by atoms with Crippen LogP contribution in [0.15, 0.2) is 77.8 Å². The molecule has 34 heavy (non-hydrogen) atoms. The van der Waals surface area contributed by atoms with Gasteiger partial charge in [-0.15, -0.1) is 0 Å². The number of aromatic hydroxyl groups is 1. The molecule has 7 heteroatoms. The van der Waals surface area contributed by atoms with E-state index in [1.807, 2.05) is 54.6 Å². The number of rotatable bonds is 7. The van der Waals surface area contributed by atoms with E-state index in [2.05, 4.69) is 11.1 Å². The van der Waals surface area contributed by atoms with Crippen LogP contribution in [0.25, 0.3) is 10.9 Å². The lowest BCUT2D eigenvalue weighted by Gasteiger charge is -2.28. The molecule has 2 atom stereocenters. The molecule has 172 valence electrons. The topological polar surface area (TPSA) is 116 Å². The molecule has 0 saturated carbocycles. The highest BCUT2D eigenvalue weighted by atomic mass is 16.3. The van der Waals surface area contributed by atoms with Crippen LogP contribution in [0, 0.1) is 11.3 Å². The van der Waals surface area contributed by atoms with Gasteiger partial charge in [-0.3, -0.25) is 0 Å². The van der Waals surface area contributed by atoms with Crippen molar-refractivity contribution in [3.63, 3.8) is 0 Å². The van der Waals surface area contributed by atoms with Gasteiger partial charge in [0.2, 0.25) is 0 Å². The zero-order valence-corrected chi connectivity index (χ0v) is 19.0. The van der Waals surface area contributed by atoms with E-state index in [-0.39, 0.29) is 5.88 Å². The average molecular weight is 455 g/mol. The van der Waals surface area contributed by atoms with Gasteiger partial charge in [-0.05, 0) is 49.7 Å². The van der Waals surface area contributed by atoms with Crippen molar-refractivity contribution in [2.75, 3.05) is 0 Å². The van der Waals surface area contributed by atoms with Crippen molar-refractivity contribution in [3.8, 4) is 11.9 Å². The fourth-order valence-corrected chi connectivity index (χ4v) is 3.94. The summed E-state index contributed by atoms with van der Waals surface area (Å²) in [6.07, 6.45) is -1.57.